The standard InChI is InChI=1S/C19H20O2/c1-4-6-14(2)19-8-5-7-16(15(19)3)13-21-18-11-9-17(20)10-12-18/h4-12,20H,1,13H2,2-3H3/b14-6+. The Morgan fingerprint density at radius 3 is 2.57 bits per heavy atom. The average molecular weight is 280 g/mol. The predicted molar refractivity (Wildman–Crippen MR) is 87.5 cm³/mol. The molecule has 0 aliphatic rings. The molecule has 0 heterocycles. The molecule has 0 amide bonds. The third kappa shape index (κ3) is 3.76. The third-order valence-corrected chi connectivity index (χ3v) is 3.47. The fourth-order valence-electron chi connectivity index (χ4n) is 2.24. The molecule has 0 radical (unpaired) electrons. The predicted octanol–water partition coefficient (Wildman–Crippen LogP) is 4.87. The first-order chi connectivity index (χ1) is 10.1. The summed E-state index contributed by atoms with van der Waals surface area (Å²) in [7, 11) is 0. The van der Waals surface area contributed by atoms with E-state index in [4.69, 9.17) is 4.74 Å². The first-order valence-electron chi connectivity index (χ1n) is 6.92. The molecule has 0 fully saturated rings. The van der Waals surface area contributed by atoms with Crippen molar-refractivity contribution in [3.05, 3.63) is 77.9 Å². The first-order valence-corrected chi connectivity index (χ1v) is 6.92. The van der Waals surface area contributed by atoms with Crippen LogP contribution in [0.5, 0.6) is 11.5 Å². The molecular weight excluding hydrogens is 260 g/mol. The largest absolute Gasteiger partial charge is 0.508 e. The Morgan fingerprint density at radius 1 is 1.19 bits per heavy atom. The highest BCUT2D eigenvalue weighted by Gasteiger charge is 2.06. The molecule has 2 nitrogen and oxygen atoms in total. The van der Waals surface area contributed by atoms with Crippen LogP contribution in [0.25, 0.3) is 5.57 Å². The van der Waals surface area contributed by atoms with E-state index in [1.54, 1.807) is 30.3 Å². The lowest BCUT2D eigenvalue weighted by Crippen LogP contribution is -2.00. The summed E-state index contributed by atoms with van der Waals surface area (Å²) in [5.41, 5.74) is 4.76. The molecule has 0 aromatic heterocycles. The molecule has 2 rings (SSSR count). The summed E-state index contributed by atoms with van der Waals surface area (Å²) < 4.78 is 5.77. The Balaban J connectivity index is 2.17. The number of ether oxygens (including phenoxy) is 1. The highest BCUT2D eigenvalue weighted by Crippen LogP contribution is 2.23. The second kappa shape index (κ2) is 6.80. The molecule has 0 saturated carbocycles. The number of allylic oxidation sites excluding steroid dienone is 3. The fourth-order valence-corrected chi connectivity index (χ4v) is 2.24. The van der Waals surface area contributed by atoms with Crippen molar-refractivity contribution in [2.45, 2.75) is 20.5 Å². The summed E-state index contributed by atoms with van der Waals surface area (Å²) in [5.74, 6) is 0.988. The maximum atomic E-state index is 9.26. The molecule has 0 aliphatic heterocycles. The minimum absolute atomic E-state index is 0.241. The van der Waals surface area contributed by atoms with Gasteiger partial charge in [0.15, 0.2) is 0 Å². The van der Waals surface area contributed by atoms with E-state index in [1.807, 2.05) is 12.1 Å². The molecule has 108 valence electrons. The van der Waals surface area contributed by atoms with Gasteiger partial charge in [-0.05, 0) is 60.4 Å². The summed E-state index contributed by atoms with van der Waals surface area (Å²) >= 11 is 0. The first kappa shape index (κ1) is 14.9. The van der Waals surface area contributed by atoms with Gasteiger partial charge in [-0.25, -0.2) is 0 Å². The van der Waals surface area contributed by atoms with Gasteiger partial charge < -0.3 is 9.84 Å². The molecule has 0 unspecified atom stereocenters. The number of rotatable bonds is 5. The van der Waals surface area contributed by atoms with Crippen LogP contribution >= 0.6 is 0 Å². The normalized spacial score (nSPS) is 11.2. The van der Waals surface area contributed by atoms with E-state index >= 15 is 0 Å². The average Bonchev–Trinajstić information content (AvgIpc) is 2.48. The Hall–Kier alpha value is -2.48. The van der Waals surface area contributed by atoms with Gasteiger partial charge in [0.2, 0.25) is 0 Å². The van der Waals surface area contributed by atoms with Crippen LogP contribution in [0.2, 0.25) is 0 Å². The number of aromatic hydroxyl groups is 1. The Bertz CT molecular complexity index is 652. The van der Waals surface area contributed by atoms with Crippen molar-refractivity contribution < 1.29 is 9.84 Å². The maximum Gasteiger partial charge on any atom is 0.120 e. The van der Waals surface area contributed by atoms with Crippen molar-refractivity contribution >= 4 is 5.57 Å². The van der Waals surface area contributed by atoms with Crippen LogP contribution in [0.3, 0.4) is 0 Å². The smallest absolute Gasteiger partial charge is 0.120 e. The summed E-state index contributed by atoms with van der Waals surface area (Å²) in [4.78, 5) is 0. The number of phenolic OH excluding ortho intramolecular Hbond substituents is 1. The van der Waals surface area contributed by atoms with Gasteiger partial charge in [-0.15, -0.1) is 0 Å². The number of phenols is 1. The van der Waals surface area contributed by atoms with E-state index in [9.17, 15) is 5.11 Å². The van der Waals surface area contributed by atoms with Gasteiger partial charge >= 0.3 is 0 Å². The zero-order valence-electron chi connectivity index (χ0n) is 12.5. The molecule has 0 bridgehead atoms. The van der Waals surface area contributed by atoms with Gasteiger partial charge in [0.05, 0.1) is 0 Å². The lowest BCUT2D eigenvalue weighted by molar-refractivity contribution is 0.305. The van der Waals surface area contributed by atoms with Crippen LogP contribution in [-0.4, -0.2) is 5.11 Å². The topological polar surface area (TPSA) is 29.5 Å². The Kier molecular flexibility index (Phi) is 4.83. The van der Waals surface area contributed by atoms with E-state index in [-0.39, 0.29) is 5.75 Å². The molecule has 2 heteroatoms. The lowest BCUT2D eigenvalue weighted by atomic mass is 9.97. The zero-order valence-corrected chi connectivity index (χ0v) is 12.5. The molecular formula is C19H20O2. The van der Waals surface area contributed by atoms with Gasteiger partial charge in [0.25, 0.3) is 0 Å². The molecule has 0 aliphatic carbocycles. The van der Waals surface area contributed by atoms with Crippen molar-refractivity contribution in [2.24, 2.45) is 0 Å². The molecule has 0 spiro atoms. The van der Waals surface area contributed by atoms with Gasteiger partial charge in [0.1, 0.15) is 18.1 Å². The van der Waals surface area contributed by atoms with E-state index in [2.05, 4.69) is 32.6 Å². The highest BCUT2D eigenvalue weighted by atomic mass is 16.5. The van der Waals surface area contributed by atoms with E-state index < -0.39 is 0 Å². The van der Waals surface area contributed by atoms with Gasteiger partial charge in [-0.1, -0.05) is 36.9 Å². The Labute approximate surface area is 126 Å². The van der Waals surface area contributed by atoms with Crippen LogP contribution in [-0.2, 0) is 6.61 Å². The van der Waals surface area contributed by atoms with Gasteiger partial charge in [0, 0.05) is 0 Å². The second-order valence-electron chi connectivity index (χ2n) is 4.96. The van der Waals surface area contributed by atoms with Crippen molar-refractivity contribution in [3.8, 4) is 11.5 Å². The highest BCUT2D eigenvalue weighted by molar-refractivity contribution is 5.68. The van der Waals surface area contributed by atoms with Crippen LogP contribution in [0, 0.1) is 6.92 Å². The minimum atomic E-state index is 0.241. The van der Waals surface area contributed by atoms with E-state index in [0.717, 1.165) is 11.3 Å². The molecule has 2 aromatic carbocycles. The summed E-state index contributed by atoms with van der Waals surface area (Å²) in [5, 5.41) is 9.26. The second-order valence-corrected chi connectivity index (χ2v) is 4.96. The number of benzene rings is 2. The Morgan fingerprint density at radius 2 is 1.90 bits per heavy atom. The van der Waals surface area contributed by atoms with Crippen molar-refractivity contribution in [1.29, 1.82) is 0 Å². The van der Waals surface area contributed by atoms with E-state index in [1.165, 1.54) is 16.7 Å². The van der Waals surface area contributed by atoms with Crippen LogP contribution in [0.4, 0.5) is 0 Å². The fraction of sp³-hybridized carbons (Fsp3) is 0.158. The molecule has 0 saturated heterocycles. The molecule has 2 aromatic rings. The van der Waals surface area contributed by atoms with Crippen molar-refractivity contribution in [3.63, 3.8) is 0 Å². The number of hydrogen-bond donors (Lipinski definition) is 1. The van der Waals surface area contributed by atoms with Gasteiger partial charge in [-0.3, -0.25) is 0 Å². The summed E-state index contributed by atoms with van der Waals surface area (Å²) in [6, 6.07) is 13.0. The molecule has 1 N–H and O–H groups in total. The van der Waals surface area contributed by atoms with Crippen LogP contribution < -0.4 is 4.74 Å². The SMILES string of the molecule is C=C/C=C(\C)c1cccc(COc2ccc(O)cc2)c1C. The van der Waals surface area contributed by atoms with Gasteiger partial charge in [-0.2, -0.15) is 0 Å². The van der Waals surface area contributed by atoms with Crippen molar-refractivity contribution in [1.82, 2.24) is 0 Å². The minimum Gasteiger partial charge on any atom is -0.508 e. The van der Waals surface area contributed by atoms with E-state index in [0.29, 0.717) is 6.61 Å². The maximum absolute atomic E-state index is 9.26. The van der Waals surface area contributed by atoms with Crippen LogP contribution in [0.15, 0.2) is 61.2 Å². The van der Waals surface area contributed by atoms with Crippen molar-refractivity contribution in [2.75, 3.05) is 0 Å². The van der Waals surface area contributed by atoms with Crippen LogP contribution in [0.1, 0.15) is 23.6 Å². The summed E-state index contributed by atoms with van der Waals surface area (Å²) in [6.45, 7) is 8.43. The monoisotopic (exact) mass is 280 g/mol. The number of hydrogen-bond acceptors (Lipinski definition) is 2. The summed E-state index contributed by atoms with van der Waals surface area (Å²) in [6.07, 6.45) is 3.81. The lowest BCUT2D eigenvalue weighted by Gasteiger charge is -2.13. The quantitative estimate of drug-likeness (QED) is 0.792. The molecule has 21 heavy (non-hydrogen) atoms. The molecule has 0 atom stereocenters. The zero-order chi connectivity index (χ0) is 15.2. The third-order valence-electron chi connectivity index (χ3n) is 3.47.